The summed E-state index contributed by atoms with van der Waals surface area (Å²) >= 11 is 1.69. The molecule has 1 aliphatic heterocycles. The third-order valence-electron chi connectivity index (χ3n) is 4.47. The molecule has 1 aliphatic carbocycles. The fourth-order valence-electron chi connectivity index (χ4n) is 2.78. The van der Waals surface area contributed by atoms with Gasteiger partial charge in [0, 0.05) is 38.0 Å². The quantitative estimate of drug-likeness (QED) is 0.728. The third kappa shape index (κ3) is 4.82. The van der Waals surface area contributed by atoms with Gasteiger partial charge in [0.25, 0.3) is 10.2 Å². The van der Waals surface area contributed by atoms with E-state index in [4.69, 9.17) is 0 Å². The summed E-state index contributed by atoms with van der Waals surface area (Å²) in [5.74, 6) is 1.29. The molecule has 0 aromatic heterocycles. The van der Waals surface area contributed by atoms with Gasteiger partial charge in [0.05, 0.1) is 0 Å². The maximum Gasteiger partial charge on any atom is 0.282 e. The smallest absolute Gasteiger partial charge is 0.282 e. The lowest BCUT2D eigenvalue weighted by Gasteiger charge is -2.36. The van der Waals surface area contributed by atoms with Crippen LogP contribution < -0.4 is 5.32 Å². The van der Waals surface area contributed by atoms with Gasteiger partial charge in [0.2, 0.25) is 0 Å². The van der Waals surface area contributed by atoms with Crippen LogP contribution in [-0.2, 0) is 10.2 Å². The van der Waals surface area contributed by atoms with Crippen LogP contribution in [0.15, 0.2) is 0 Å². The molecule has 0 radical (unpaired) electrons. The molecule has 0 spiro atoms. The SMILES string of the molecule is CSCC(C)N(C)S(=O)(=O)N1CCCC(CNC2CC2)C1. The molecular weight excluding hydrogens is 306 g/mol. The van der Waals surface area contributed by atoms with Gasteiger partial charge in [-0.05, 0) is 51.3 Å². The predicted molar refractivity (Wildman–Crippen MR) is 89.8 cm³/mol. The fraction of sp³-hybridized carbons (Fsp3) is 1.00. The number of nitrogens with zero attached hydrogens (tertiary/aromatic N) is 2. The Hall–Kier alpha value is 0.180. The van der Waals surface area contributed by atoms with Crippen LogP contribution in [0.1, 0.15) is 32.6 Å². The first-order valence-corrected chi connectivity index (χ1v) is 10.7. The van der Waals surface area contributed by atoms with Crippen molar-refractivity contribution in [2.24, 2.45) is 5.92 Å². The van der Waals surface area contributed by atoms with Crippen molar-refractivity contribution in [3.63, 3.8) is 0 Å². The van der Waals surface area contributed by atoms with Crippen LogP contribution in [0.2, 0.25) is 0 Å². The second-order valence-electron chi connectivity index (χ2n) is 6.38. The summed E-state index contributed by atoms with van der Waals surface area (Å²) < 4.78 is 28.7. The van der Waals surface area contributed by atoms with Gasteiger partial charge in [-0.25, -0.2) is 0 Å². The predicted octanol–water partition coefficient (Wildman–Crippen LogP) is 1.38. The van der Waals surface area contributed by atoms with Gasteiger partial charge >= 0.3 is 0 Å². The summed E-state index contributed by atoms with van der Waals surface area (Å²) in [5.41, 5.74) is 0. The minimum Gasteiger partial charge on any atom is -0.314 e. The zero-order valence-electron chi connectivity index (χ0n) is 13.4. The molecule has 7 heteroatoms. The van der Waals surface area contributed by atoms with Crippen molar-refractivity contribution in [2.75, 3.05) is 38.7 Å². The van der Waals surface area contributed by atoms with Gasteiger partial charge in [-0.3, -0.25) is 0 Å². The van der Waals surface area contributed by atoms with Gasteiger partial charge in [0.1, 0.15) is 0 Å². The van der Waals surface area contributed by atoms with Crippen LogP contribution in [0.5, 0.6) is 0 Å². The monoisotopic (exact) mass is 335 g/mol. The van der Waals surface area contributed by atoms with E-state index in [-0.39, 0.29) is 6.04 Å². The van der Waals surface area contributed by atoms with Gasteiger partial charge in [-0.1, -0.05) is 0 Å². The molecule has 1 heterocycles. The fourth-order valence-corrected chi connectivity index (χ4v) is 5.23. The van der Waals surface area contributed by atoms with Gasteiger partial charge in [-0.2, -0.15) is 28.8 Å². The molecule has 2 unspecified atom stereocenters. The van der Waals surface area contributed by atoms with Crippen LogP contribution in [0, 0.1) is 5.92 Å². The highest BCUT2D eigenvalue weighted by Crippen LogP contribution is 2.24. The molecule has 0 aromatic carbocycles. The number of hydrogen-bond donors (Lipinski definition) is 1. The molecule has 5 nitrogen and oxygen atoms in total. The van der Waals surface area contributed by atoms with Crippen molar-refractivity contribution in [1.82, 2.24) is 13.9 Å². The summed E-state index contributed by atoms with van der Waals surface area (Å²) in [6.07, 6.45) is 6.68. The zero-order valence-corrected chi connectivity index (χ0v) is 15.0. The highest BCUT2D eigenvalue weighted by molar-refractivity contribution is 7.98. The number of rotatable bonds is 8. The topological polar surface area (TPSA) is 52.7 Å². The van der Waals surface area contributed by atoms with Gasteiger partial charge in [-0.15, -0.1) is 0 Å². The summed E-state index contributed by atoms with van der Waals surface area (Å²) in [5, 5.41) is 3.53. The Morgan fingerprint density at radius 1 is 1.38 bits per heavy atom. The van der Waals surface area contributed by atoms with E-state index in [2.05, 4.69) is 5.32 Å². The first-order chi connectivity index (χ1) is 9.95. The molecule has 1 saturated heterocycles. The number of piperidine rings is 1. The molecule has 0 bridgehead atoms. The van der Waals surface area contributed by atoms with E-state index in [1.807, 2.05) is 13.2 Å². The van der Waals surface area contributed by atoms with E-state index in [9.17, 15) is 8.42 Å². The lowest BCUT2D eigenvalue weighted by atomic mass is 10.00. The standard InChI is InChI=1S/C14H29N3O2S2/c1-12(11-20-3)16(2)21(18,19)17-8-4-5-13(10-17)9-15-14-6-7-14/h12-15H,4-11H2,1-3H3. The molecule has 2 rings (SSSR count). The lowest BCUT2D eigenvalue weighted by molar-refractivity contribution is 0.241. The third-order valence-corrected chi connectivity index (χ3v) is 7.36. The van der Waals surface area contributed by atoms with Gasteiger partial charge in [0.15, 0.2) is 0 Å². The molecule has 2 aliphatic rings. The first kappa shape index (κ1) is 17.5. The van der Waals surface area contributed by atoms with Crippen molar-refractivity contribution < 1.29 is 8.42 Å². The minimum absolute atomic E-state index is 0.0370. The molecule has 2 fully saturated rings. The van der Waals surface area contributed by atoms with E-state index in [1.165, 1.54) is 12.8 Å². The van der Waals surface area contributed by atoms with Crippen LogP contribution >= 0.6 is 11.8 Å². The van der Waals surface area contributed by atoms with E-state index in [1.54, 1.807) is 27.4 Å². The molecule has 0 amide bonds. The highest BCUT2D eigenvalue weighted by Gasteiger charge is 2.34. The summed E-state index contributed by atoms with van der Waals surface area (Å²) in [6, 6.07) is 0.733. The van der Waals surface area contributed by atoms with Crippen LogP contribution in [-0.4, -0.2) is 67.8 Å². The van der Waals surface area contributed by atoms with Crippen molar-refractivity contribution in [2.45, 2.75) is 44.7 Å². The van der Waals surface area contributed by atoms with Crippen LogP contribution in [0.25, 0.3) is 0 Å². The minimum atomic E-state index is -3.31. The Labute approximate surface area is 134 Å². The summed E-state index contributed by atoms with van der Waals surface area (Å²) in [6.45, 7) is 4.27. The van der Waals surface area contributed by atoms with Crippen molar-refractivity contribution in [3.8, 4) is 0 Å². The maximum absolute atomic E-state index is 12.7. The van der Waals surface area contributed by atoms with E-state index < -0.39 is 10.2 Å². The second kappa shape index (κ2) is 7.64. The first-order valence-electron chi connectivity index (χ1n) is 7.90. The zero-order chi connectivity index (χ0) is 15.5. The van der Waals surface area contributed by atoms with Gasteiger partial charge < -0.3 is 5.32 Å². The summed E-state index contributed by atoms with van der Waals surface area (Å²) in [7, 11) is -1.60. The second-order valence-corrected chi connectivity index (χ2v) is 9.28. The molecule has 1 saturated carbocycles. The Balaban J connectivity index is 1.91. The lowest BCUT2D eigenvalue weighted by Crippen LogP contribution is -2.50. The highest BCUT2D eigenvalue weighted by atomic mass is 32.2. The van der Waals surface area contributed by atoms with E-state index in [0.717, 1.165) is 25.1 Å². The largest absolute Gasteiger partial charge is 0.314 e. The van der Waals surface area contributed by atoms with Crippen LogP contribution in [0.3, 0.4) is 0 Å². The van der Waals surface area contributed by atoms with Crippen molar-refractivity contribution in [1.29, 1.82) is 0 Å². The number of hydrogen-bond acceptors (Lipinski definition) is 4. The van der Waals surface area contributed by atoms with E-state index in [0.29, 0.717) is 25.0 Å². The molecule has 21 heavy (non-hydrogen) atoms. The Morgan fingerprint density at radius 2 is 2.10 bits per heavy atom. The number of nitrogens with one attached hydrogen (secondary N) is 1. The molecule has 2 atom stereocenters. The average Bonchev–Trinajstić information content (AvgIpc) is 3.29. The molecular formula is C14H29N3O2S2. The average molecular weight is 336 g/mol. The maximum atomic E-state index is 12.7. The Bertz CT molecular complexity index is 426. The van der Waals surface area contributed by atoms with E-state index >= 15 is 0 Å². The molecule has 0 aromatic rings. The summed E-state index contributed by atoms with van der Waals surface area (Å²) in [4.78, 5) is 0. The normalized spacial score (nSPS) is 26.2. The Kier molecular flexibility index (Phi) is 6.38. The Morgan fingerprint density at radius 3 is 2.71 bits per heavy atom. The molecule has 1 N–H and O–H groups in total. The number of thioether (sulfide) groups is 1. The molecule has 124 valence electrons. The van der Waals surface area contributed by atoms with Crippen molar-refractivity contribution in [3.05, 3.63) is 0 Å². The van der Waals surface area contributed by atoms with Crippen LogP contribution in [0.4, 0.5) is 0 Å². The van der Waals surface area contributed by atoms with Crippen molar-refractivity contribution >= 4 is 22.0 Å².